The molecule has 0 saturated carbocycles. The second-order valence-electron chi connectivity index (χ2n) is 4.82. The van der Waals surface area contributed by atoms with Crippen molar-refractivity contribution in [1.29, 1.82) is 0 Å². The highest BCUT2D eigenvalue weighted by molar-refractivity contribution is 9.10. The number of carbonyl (C=O) groups is 1. The number of likely N-dealkylation sites (N-methyl/N-ethyl adjacent to an activating group) is 1. The molecule has 5 heteroatoms. The fraction of sp³-hybridized carbons (Fsp3) is 0.294. The normalized spacial score (nSPS) is 10.3. The molecule has 22 heavy (non-hydrogen) atoms. The number of hydrogen-bond donors (Lipinski definition) is 0. The average Bonchev–Trinajstić information content (AvgIpc) is 2.54. The Morgan fingerprint density at radius 1 is 1.18 bits per heavy atom. The second kappa shape index (κ2) is 8.54. The minimum atomic E-state index is -0.290. The summed E-state index contributed by atoms with van der Waals surface area (Å²) in [6.45, 7) is 3.44. The van der Waals surface area contributed by atoms with Crippen molar-refractivity contribution in [2.24, 2.45) is 0 Å². The number of amides is 1. The van der Waals surface area contributed by atoms with E-state index in [1.165, 1.54) is 0 Å². The smallest absolute Gasteiger partial charge is 0.410 e. The van der Waals surface area contributed by atoms with Gasteiger partial charge in [-0.25, -0.2) is 9.78 Å². The van der Waals surface area contributed by atoms with Gasteiger partial charge in [0.15, 0.2) is 0 Å². The van der Waals surface area contributed by atoms with Gasteiger partial charge in [-0.3, -0.25) is 0 Å². The summed E-state index contributed by atoms with van der Waals surface area (Å²) in [6, 6.07) is 15.5. The summed E-state index contributed by atoms with van der Waals surface area (Å²) in [5.74, 6) is 0. The van der Waals surface area contributed by atoms with E-state index in [0.717, 1.165) is 15.9 Å². The molecule has 116 valence electrons. The van der Waals surface area contributed by atoms with E-state index in [-0.39, 0.29) is 6.09 Å². The summed E-state index contributed by atoms with van der Waals surface area (Å²) in [5, 5.41) is 0. The number of benzene rings is 1. The molecule has 0 aliphatic carbocycles. The maximum absolute atomic E-state index is 12.1. The third-order valence-corrected chi connectivity index (χ3v) is 3.70. The van der Waals surface area contributed by atoms with Crippen molar-refractivity contribution in [2.75, 3.05) is 13.1 Å². The largest absolute Gasteiger partial charge is 0.445 e. The molecule has 1 amide bonds. The Morgan fingerprint density at radius 3 is 2.64 bits per heavy atom. The van der Waals surface area contributed by atoms with Gasteiger partial charge in [0.25, 0.3) is 0 Å². The molecule has 2 rings (SSSR count). The molecule has 0 unspecified atom stereocenters. The third-order valence-electron chi connectivity index (χ3n) is 3.26. The quantitative estimate of drug-likeness (QED) is 0.728. The molecular formula is C17H19BrN2O2. The van der Waals surface area contributed by atoms with E-state index < -0.39 is 0 Å². The van der Waals surface area contributed by atoms with Crippen LogP contribution in [0.1, 0.15) is 18.2 Å². The summed E-state index contributed by atoms with van der Waals surface area (Å²) in [5.41, 5.74) is 1.93. The van der Waals surface area contributed by atoms with E-state index in [0.29, 0.717) is 26.1 Å². The van der Waals surface area contributed by atoms with Crippen LogP contribution < -0.4 is 0 Å². The molecule has 0 bridgehead atoms. The van der Waals surface area contributed by atoms with Gasteiger partial charge in [-0.1, -0.05) is 36.4 Å². The van der Waals surface area contributed by atoms with E-state index in [1.807, 2.05) is 55.5 Å². The first kappa shape index (κ1) is 16.5. The van der Waals surface area contributed by atoms with Crippen LogP contribution in [0.2, 0.25) is 0 Å². The third kappa shape index (κ3) is 5.15. The molecule has 0 spiro atoms. The van der Waals surface area contributed by atoms with Gasteiger partial charge in [-0.05, 0) is 40.5 Å². The molecule has 0 aliphatic rings. The van der Waals surface area contributed by atoms with Crippen molar-refractivity contribution in [3.8, 4) is 0 Å². The Hall–Kier alpha value is -1.88. The minimum Gasteiger partial charge on any atom is -0.445 e. The van der Waals surface area contributed by atoms with E-state index in [1.54, 1.807) is 4.90 Å². The summed E-state index contributed by atoms with van der Waals surface area (Å²) in [4.78, 5) is 18.2. The first-order chi connectivity index (χ1) is 10.7. The van der Waals surface area contributed by atoms with Crippen LogP contribution in [0.25, 0.3) is 0 Å². The predicted molar refractivity (Wildman–Crippen MR) is 89.5 cm³/mol. The Labute approximate surface area is 139 Å². The van der Waals surface area contributed by atoms with Gasteiger partial charge in [0, 0.05) is 25.2 Å². The lowest BCUT2D eigenvalue weighted by Crippen LogP contribution is -2.33. The number of pyridine rings is 1. The Bertz CT molecular complexity index is 605. The van der Waals surface area contributed by atoms with Crippen LogP contribution in [-0.2, 0) is 17.8 Å². The SMILES string of the molecule is CCN(CCc1cccc(Br)n1)C(=O)OCc1ccccc1. The first-order valence-corrected chi connectivity index (χ1v) is 8.05. The molecule has 1 heterocycles. The van der Waals surface area contributed by atoms with Gasteiger partial charge in [0.1, 0.15) is 11.2 Å². The molecule has 1 aromatic heterocycles. The molecule has 0 fully saturated rings. The van der Waals surface area contributed by atoms with Crippen LogP contribution in [-0.4, -0.2) is 29.1 Å². The monoisotopic (exact) mass is 362 g/mol. The minimum absolute atomic E-state index is 0.290. The van der Waals surface area contributed by atoms with Crippen molar-refractivity contribution >= 4 is 22.0 Å². The maximum atomic E-state index is 12.1. The maximum Gasteiger partial charge on any atom is 0.410 e. The van der Waals surface area contributed by atoms with Crippen LogP contribution in [0.15, 0.2) is 53.1 Å². The van der Waals surface area contributed by atoms with E-state index in [9.17, 15) is 4.79 Å². The summed E-state index contributed by atoms with van der Waals surface area (Å²) >= 11 is 3.35. The van der Waals surface area contributed by atoms with Crippen LogP contribution in [0.4, 0.5) is 4.79 Å². The summed E-state index contributed by atoms with van der Waals surface area (Å²) in [7, 11) is 0. The van der Waals surface area contributed by atoms with Crippen molar-refractivity contribution in [3.63, 3.8) is 0 Å². The lowest BCUT2D eigenvalue weighted by Gasteiger charge is -2.20. The first-order valence-electron chi connectivity index (χ1n) is 7.26. The number of ether oxygens (including phenoxy) is 1. The molecular weight excluding hydrogens is 344 g/mol. The van der Waals surface area contributed by atoms with E-state index >= 15 is 0 Å². The van der Waals surface area contributed by atoms with E-state index in [4.69, 9.17) is 4.74 Å². The van der Waals surface area contributed by atoms with Gasteiger partial charge in [-0.2, -0.15) is 0 Å². The highest BCUT2D eigenvalue weighted by atomic mass is 79.9. The van der Waals surface area contributed by atoms with Gasteiger partial charge in [-0.15, -0.1) is 0 Å². The number of aromatic nitrogens is 1. The molecule has 1 aromatic carbocycles. The lowest BCUT2D eigenvalue weighted by atomic mass is 10.2. The van der Waals surface area contributed by atoms with Crippen LogP contribution in [0.5, 0.6) is 0 Å². The van der Waals surface area contributed by atoms with Crippen LogP contribution >= 0.6 is 15.9 Å². The van der Waals surface area contributed by atoms with Crippen molar-refractivity contribution in [1.82, 2.24) is 9.88 Å². The van der Waals surface area contributed by atoms with Crippen LogP contribution in [0.3, 0.4) is 0 Å². The fourth-order valence-electron chi connectivity index (χ4n) is 2.03. The number of hydrogen-bond acceptors (Lipinski definition) is 3. The second-order valence-corrected chi connectivity index (χ2v) is 5.63. The van der Waals surface area contributed by atoms with Crippen LogP contribution in [0, 0.1) is 0 Å². The molecule has 2 aromatic rings. The zero-order valence-corrected chi connectivity index (χ0v) is 14.1. The molecule has 4 nitrogen and oxygen atoms in total. The molecule has 0 N–H and O–H groups in total. The number of carbonyl (C=O) groups excluding carboxylic acids is 1. The molecule has 0 atom stereocenters. The zero-order chi connectivity index (χ0) is 15.8. The highest BCUT2D eigenvalue weighted by Gasteiger charge is 2.13. The summed E-state index contributed by atoms with van der Waals surface area (Å²) < 4.78 is 6.16. The summed E-state index contributed by atoms with van der Waals surface area (Å²) in [6.07, 6.45) is 0.412. The number of halogens is 1. The van der Waals surface area contributed by atoms with Gasteiger partial charge in [0.2, 0.25) is 0 Å². The highest BCUT2D eigenvalue weighted by Crippen LogP contribution is 2.08. The Morgan fingerprint density at radius 2 is 1.95 bits per heavy atom. The van der Waals surface area contributed by atoms with Gasteiger partial charge >= 0.3 is 6.09 Å². The number of nitrogens with zero attached hydrogens (tertiary/aromatic N) is 2. The fourth-order valence-corrected chi connectivity index (χ4v) is 2.41. The van der Waals surface area contributed by atoms with Crippen molar-refractivity contribution in [3.05, 3.63) is 64.4 Å². The van der Waals surface area contributed by atoms with Crippen molar-refractivity contribution < 1.29 is 9.53 Å². The Balaban J connectivity index is 1.84. The lowest BCUT2D eigenvalue weighted by molar-refractivity contribution is 0.0983. The molecule has 0 aliphatic heterocycles. The van der Waals surface area contributed by atoms with Gasteiger partial charge in [0.05, 0.1) is 0 Å². The number of rotatable bonds is 6. The molecule has 0 radical (unpaired) electrons. The zero-order valence-electron chi connectivity index (χ0n) is 12.5. The Kier molecular flexibility index (Phi) is 6.40. The standard InChI is InChI=1S/C17H19BrN2O2/c1-2-20(12-11-15-9-6-10-16(18)19-15)17(21)22-13-14-7-4-3-5-8-14/h3-10H,2,11-13H2,1H3. The van der Waals surface area contributed by atoms with E-state index in [2.05, 4.69) is 20.9 Å². The molecule has 0 saturated heterocycles. The topological polar surface area (TPSA) is 42.4 Å². The predicted octanol–water partition coefficient (Wildman–Crippen LogP) is 4.05. The van der Waals surface area contributed by atoms with Gasteiger partial charge < -0.3 is 9.64 Å². The average molecular weight is 363 g/mol. The van der Waals surface area contributed by atoms with Crippen molar-refractivity contribution in [2.45, 2.75) is 20.0 Å².